The lowest BCUT2D eigenvalue weighted by Crippen LogP contribution is -2.04. The molecule has 2 aromatic rings. The average molecular weight is 265 g/mol. The van der Waals surface area contributed by atoms with Gasteiger partial charge in [0.1, 0.15) is 11.3 Å². The van der Waals surface area contributed by atoms with E-state index < -0.39 is 11.6 Å². The Morgan fingerprint density at radius 1 is 1.32 bits per heavy atom. The molecule has 19 heavy (non-hydrogen) atoms. The predicted molar refractivity (Wildman–Crippen MR) is 66.7 cm³/mol. The Balaban J connectivity index is 2.41. The van der Waals surface area contributed by atoms with Crippen molar-refractivity contribution in [1.29, 1.82) is 0 Å². The third-order valence-corrected chi connectivity index (χ3v) is 2.90. The van der Waals surface area contributed by atoms with Gasteiger partial charge in [-0.3, -0.25) is 4.79 Å². The smallest absolute Gasteiger partial charge is 0.305 e. The Morgan fingerprint density at radius 3 is 2.74 bits per heavy atom. The number of hydrogen-bond acceptors (Lipinski definition) is 3. The minimum absolute atomic E-state index is 0.126. The Labute approximate surface area is 109 Å². The van der Waals surface area contributed by atoms with Crippen molar-refractivity contribution in [2.45, 2.75) is 19.8 Å². The normalized spacial score (nSPS) is 10.7. The van der Waals surface area contributed by atoms with Crippen LogP contribution >= 0.6 is 0 Å². The molecule has 0 fully saturated rings. The van der Waals surface area contributed by atoms with E-state index in [1.807, 2.05) is 0 Å². The minimum Gasteiger partial charge on any atom is -0.469 e. The standard InChI is InChI=1S/C14H13F2NO2/c1-8-5-10(3-4-13(18)19-2)17-14-11(8)6-9(15)7-12(14)16/h5-7H,3-4H2,1-2H3. The molecule has 0 unspecified atom stereocenters. The van der Waals surface area contributed by atoms with E-state index in [2.05, 4.69) is 9.72 Å². The first-order valence-electron chi connectivity index (χ1n) is 5.83. The van der Waals surface area contributed by atoms with Gasteiger partial charge in [0.25, 0.3) is 0 Å². The molecule has 0 N–H and O–H groups in total. The molecular formula is C14H13F2NO2. The highest BCUT2D eigenvalue weighted by molar-refractivity contribution is 5.83. The number of halogens is 2. The van der Waals surface area contributed by atoms with Crippen LogP contribution < -0.4 is 0 Å². The molecule has 5 heteroatoms. The number of benzene rings is 1. The third-order valence-electron chi connectivity index (χ3n) is 2.90. The number of esters is 1. The van der Waals surface area contributed by atoms with Crippen molar-refractivity contribution in [3.05, 3.63) is 41.1 Å². The summed E-state index contributed by atoms with van der Waals surface area (Å²) in [5, 5.41) is 0.444. The molecule has 2 rings (SSSR count). The molecule has 0 saturated heterocycles. The predicted octanol–water partition coefficient (Wildman–Crippen LogP) is 2.93. The highest BCUT2D eigenvalue weighted by Crippen LogP contribution is 2.22. The largest absolute Gasteiger partial charge is 0.469 e. The molecular weight excluding hydrogens is 252 g/mol. The van der Waals surface area contributed by atoms with Crippen LogP contribution in [0.5, 0.6) is 0 Å². The maximum absolute atomic E-state index is 13.7. The van der Waals surface area contributed by atoms with Gasteiger partial charge in [0.2, 0.25) is 0 Å². The van der Waals surface area contributed by atoms with Crippen LogP contribution in [-0.2, 0) is 16.0 Å². The molecule has 0 atom stereocenters. The lowest BCUT2D eigenvalue weighted by molar-refractivity contribution is -0.140. The van der Waals surface area contributed by atoms with Crippen molar-refractivity contribution < 1.29 is 18.3 Å². The van der Waals surface area contributed by atoms with Crippen molar-refractivity contribution >= 4 is 16.9 Å². The Morgan fingerprint density at radius 2 is 2.05 bits per heavy atom. The molecule has 0 aliphatic rings. The monoisotopic (exact) mass is 265 g/mol. The van der Waals surface area contributed by atoms with Crippen LogP contribution in [-0.4, -0.2) is 18.1 Å². The van der Waals surface area contributed by atoms with E-state index in [9.17, 15) is 13.6 Å². The van der Waals surface area contributed by atoms with E-state index in [0.29, 0.717) is 17.5 Å². The van der Waals surface area contributed by atoms with E-state index in [1.54, 1.807) is 13.0 Å². The van der Waals surface area contributed by atoms with Crippen LogP contribution in [0.25, 0.3) is 10.9 Å². The van der Waals surface area contributed by atoms with E-state index in [4.69, 9.17) is 0 Å². The lowest BCUT2D eigenvalue weighted by atomic mass is 10.1. The summed E-state index contributed by atoms with van der Waals surface area (Å²) in [6, 6.07) is 3.79. The summed E-state index contributed by atoms with van der Waals surface area (Å²) in [5.74, 6) is -1.67. The van der Waals surface area contributed by atoms with E-state index >= 15 is 0 Å². The van der Waals surface area contributed by atoms with E-state index in [1.165, 1.54) is 13.2 Å². The summed E-state index contributed by atoms with van der Waals surface area (Å²) < 4.78 is 31.4. The topological polar surface area (TPSA) is 39.2 Å². The van der Waals surface area contributed by atoms with Crippen molar-refractivity contribution in [1.82, 2.24) is 4.98 Å². The number of carbonyl (C=O) groups is 1. The highest BCUT2D eigenvalue weighted by atomic mass is 19.1. The summed E-state index contributed by atoms with van der Waals surface area (Å²) >= 11 is 0. The van der Waals surface area contributed by atoms with E-state index in [-0.39, 0.29) is 17.9 Å². The fourth-order valence-electron chi connectivity index (χ4n) is 1.94. The van der Waals surface area contributed by atoms with Crippen LogP contribution in [0.2, 0.25) is 0 Å². The first-order chi connectivity index (χ1) is 9.01. The van der Waals surface area contributed by atoms with Crippen molar-refractivity contribution in [3.63, 3.8) is 0 Å². The quantitative estimate of drug-likeness (QED) is 0.801. The Bertz CT molecular complexity index is 641. The second kappa shape index (κ2) is 5.30. The van der Waals surface area contributed by atoms with Gasteiger partial charge in [0, 0.05) is 23.6 Å². The Kier molecular flexibility index (Phi) is 3.74. The average Bonchev–Trinajstić information content (AvgIpc) is 2.37. The van der Waals surface area contributed by atoms with Crippen molar-refractivity contribution in [2.75, 3.05) is 7.11 Å². The molecule has 0 spiro atoms. The number of aromatic nitrogens is 1. The molecule has 1 aromatic heterocycles. The van der Waals surface area contributed by atoms with Crippen LogP contribution in [0, 0.1) is 18.6 Å². The molecule has 0 radical (unpaired) electrons. The van der Waals surface area contributed by atoms with Gasteiger partial charge in [-0.2, -0.15) is 0 Å². The summed E-state index contributed by atoms with van der Waals surface area (Å²) in [4.78, 5) is 15.2. The summed E-state index contributed by atoms with van der Waals surface area (Å²) in [6.45, 7) is 1.75. The lowest BCUT2D eigenvalue weighted by Gasteiger charge is -2.07. The Hall–Kier alpha value is -2.04. The fourth-order valence-corrected chi connectivity index (χ4v) is 1.94. The van der Waals surface area contributed by atoms with Crippen molar-refractivity contribution in [3.8, 4) is 0 Å². The van der Waals surface area contributed by atoms with Crippen LogP contribution in [0.3, 0.4) is 0 Å². The van der Waals surface area contributed by atoms with Crippen LogP contribution in [0.1, 0.15) is 17.7 Å². The second-order valence-corrected chi connectivity index (χ2v) is 4.29. The fraction of sp³-hybridized carbons (Fsp3) is 0.286. The maximum atomic E-state index is 13.7. The number of rotatable bonds is 3. The first-order valence-corrected chi connectivity index (χ1v) is 5.83. The molecule has 0 saturated carbocycles. The van der Waals surface area contributed by atoms with Gasteiger partial charge in [-0.25, -0.2) is 13.8 Å². The molecule has 1 heterocycles. The molecule has 0 amide bonds. The highest BCUT2D eigenvalue weighted by Gasteiger charge is 2.10. The van der Waals surface area contributed by atoms with Gasteiger partial charge in [0.15, 0.2) is 5.82 Å². The number of ether oxygens (including phenoxy) is 1. The molecule has 0 bridgehead atoms. The van der Waals surface area contributed by atoms with Crippen molar-refractivity contribution in [2.24, 2.45) is 0 Å². The third kappa shape index (κ3) is 2.86. The number of fused-ring (bicyclic) bond motifs is 1. The van der Waals surface area contributed by atoms with Crippen LogP contribution in [0.15, 0.2) is 18.2 Å². The molecule has 100 valence electrons. The maximum Gasteiger partial charge on any atom is 0.305 e. The number of aryl methyl sites for hydroxylation is 2. The zero-order valence-corrected chi connectivity index (χ0v) is 10.7. The SMILES string of the molecule is COC(=O)CCc1cc(C)c2cc(F)cc(F)c2n1. The molecule has 3 nitrogen and oxygen atoms in total. The van der Waals surface area contributed by atoms with Gasteiger partial charge < -0.3 is 4.74 Å². The van der Waals surface area contributed by atoms with Crippen LogP contribution in [0.4, 0.5) is 8.78 Å². The zero-order chi connectivity index (χ0) is 14.0. The van der Waals surface area contributed by atoms with Gasteiger partial charge in [-0.05, 0) is 24.6 Å². The van der Waals surface area contributed by atoms with E-state index in [0.717, 1.165) is 11.6 Å². The van der Waals surface area contributed by atoms with Gasteiger partial charge in [-0.15, -0.1) is 0 Å². The number of nitrogens with zero attached hydrogens (tertiary/aromatic N) is 1. The molecule has 0 aliphatic carbocycles. The number of methoxy groups -OCH3 is 1. The van der Waals surface area contributed by atoms with Gasteiger partial charge >= 0.3 is 5.97 Å². The number of carbonyl (C=O) groups excluding carboxylic acids is 1. The summed E-state index contributed by atoms with van der Waals surface area (Å²) in [7, 11) is 1.31. The van der Waals surface area contributed by atoms with Gasteiger partial charge in [0.05, 0.1) is 13.5 Å². The summed E-state index contributed by atoms with van der Waals surface area (Å²) in [6.07, 6.45) is 0.539. The minimum atomic E-state index is -0.696. The number of hydrogen-bond donors (Lipinski definition) is 0. The second-order valence-electron chi connectivity index (χ2n) is 4.29. The van der Waals surface area contributed by atoms with Gasteiger partial charge in [-0.1, -0.05) is 0 Å². The first kappa shape index (κ1) is 13.4. The molecule has 1 aromatic carbocycles. The molecule has 0 aliphatic heterocycles. The number of pyridine rings is 1. The zero-order valence-electron chi connectivity index (χ0n) is 10.7. The summed E-state index contributed by atoms with van der Waals surface area (Å²) in [5.41, 5.74) is 1.44.